The zero-order chi connectivity index (χ0) is 12.1. The van der Waals surface area contributed by atoms with E-state index in [1.165, 1.54) is 7.05 Å². The van der Waals surface area contributed by atoms with Crippen LogP contribution < -0.4 is 5.32 Å². The van der Waals surface area contributed by atoms with Crippen LogP contribution in [0.25, 0.3) is 0 Å². The highest BCUT2D eigenvalue weighted by atomic mass is 79.9. The van der Waals surface area contributed by atoms with Crippen molar-refractivity contribution in [1.29, 1.82) is 0 Å². The molecule has 0 aliphatic carbocycles. The minimum absolute atomic E-state index is 0.0481. The fourth-order valence-corrected chi connectivity index (χ4v) is 1.59. The summed E-state index contributed by atoms with van der Waals surface area (Å²) in [5, 5.41) is 11.5. The van der Waals surface area contributed by atoms with E-state index in [2.05, 4.69) is 21.2 Å². The van der Waals surface area contributed by atoms with E-state index in [9.17, 15) is 9.59 Å². The van der Waals surface area contributed by atoms with Gasteiger partial charge in [0.2, 0.25) is 5.91 Å². The maximum absolute atomic E-state index is 11.2. The zero-order valence-electron chi connectivity index (χ0n) is 8.74. The van der Waals surface area contributed by atoms with E-state index in [1.807, 2.05) is 0 Å². The number of carboxylic acid groups (broad SMARTS) is 1. The minimum atomic E-state index is -0.995. The maximum Gasteiger partial charge on any atom is 0.311 e. The molecule has 4 nitrogen and oxygen atoms in total. The number of halogens is 1. The summed E-state index contributed by atoms with van der Waals surface area (Å²) in [7, 11) is 1.49. The summed E-state index contributed by atoms with van der Waals surface area (Å²) in [5.74, 6) is -2.07. The van der Waals surface area contributed by atoms with Gasteiger partial charge in [-0.1, -0.05) is 28.1 Å². The van der Waals surface area contributed by atoms with E-state index >= 15 is 0 Å². The Balaban J connectivity index is 2.89. The highest BCUT2D eigenvalue weighted by Crippen LogP contribution is 2.22. The molecule has 0 saturated heterocycles. The number of carboxylic acids is 1. The molecular formula is C11H12BrNO3. The first kappa shape index (κ1) is 12.7. The third kappa shape index (κ3) is 3.34. The van der Waals surface area contributed by atoms with E-state index in [-0.39, 0.29) is 12.3 Å². The molecule has 16 heavy (non-hydrogen) atoms. The molecule has 2 N–H and O–H groups in total. The monoisotopic (exact) mass is 285 g/mol. The molecule has 1 aromatic carbocycles. The van der Waals surface area contributed by atoms with E-state index in [0.717, 1.165) is 4.47 Å². The first-order valence-corrected chi connectivity index (χ1v) is 5.52. The Hall–Kier alpha value is -1.36. The predicted octanol–water partition coefficient (Wildman–Crippen LogP) is 1.75. The number of amides is 1. The Labute approximate surface area is 102 Å². The lowest BCUT2D eigenvalue weighted by molar-refractivity contribution is -0.140. The standard InChI is InChI=1S/C11H12BrNO3/c1-13-10(14)6-9(11(15)16)7-2-4-8(12)5-3-7/h2-5,9H,6H2,1H3,(H,13,14)(H,15,16). The van der Waals surface area contributed by atoms with Crippen molar-refractivity contribution in [1.82, 2.24) is 5.32 Å². The second-order valence-corrected chi connectivity index (χ2v) is 4.24. The van der Waals surface area contributed by atoms with E-state index < -0.39 is 11.9 Å². The van der Waals surface area contributed by atoms with Crippen LogP contribution >= 0.6 is 15.9 Å². The third-order valence-corrected chi connectivity index (χ3v) is 2.77. The lowest BCUT2D eigenvalue weighted by atomic mass is 9.95. The molecule has 0 aliphatic rings. The molecule has 0 heterocycles. The van der Waals surface area contributed by atoms with Gasteiger partial charge in [0, 0.05) is 17.9 Å². The third-order valence-electron chi connectivity index (χ3n) is 2.24. The fourth-order valence-electron chi connectivity index (χ4n) is 1.33. The number of rotatable bonds is 4. The summed E-state index contributed by atoms with van der Waals surface area (Å²) in [4.78, 5) is 22.2. The Morgan fingerprint density at radius 1 is 1.38 bits per heavy atom. The van der Waals surface area contributed by atoms with Crippen molar-refractivity contribution >= 4 is 27.8 Å². The van der Waals surface area contributed by atoms with E-state index in [4.69, 9.17) is 5.11 Å². The molecule has 1 unspecified atom stereocenters. The number of hydrogen-bond acceptors (Lipinski definition) is 2. The quantitative estimate of drug-likeness (QED) is 0.886. The van der Waals surface area contributed by atoms with Gasteiger partial charge in [0.15, 0.2) is 0 Å². The van der Waals surface area contributed by atoms with Crippen LogP contribution in [0.4, 0.5) is 0 Å². The second-order valence-electron chi connectivity index (χ2n) is 3.32. The van der Waals surface area contributed by atoms with Gasteiger partial charge >= 0.3 is 5.97 Å². The Kier molecular flexibility index (Phi) is 4.49. The molecule has 5 heteroatoms. The fraction of sp³-hybridized carbons (Fsp3) is 0.273. The van der Waals surface area contributed by atoms with Crippen LogP contribution in [0.1, 0.15) is 17.9 Å². The number of hydrogen-bond donors (Lipinski definition) is 2. The van der Waals surface area contributed by atoms with Crippen LogP contribution in [0, 0.1) is 0 Å². The van der Waals surface area contributed by atoms with Gasteiger partial charge in [-0.15, -0.1) is 0 Å². The second kappa shape index (κ2) is 5.65. The zero-order valence-corrected chi connectivity index (χ0v) is 10.3. The van der Waals surface area contributed by atoms with Crippen molar-refractivity contribution < 1.29 is 14.7 Å². The lowest BCUT2D eigenvalue weighted by Crippen LogP contribution is -2.24. The Morgan fingerprint density at radius 3 is 2.38 bits per heavy atom. The van der Waals surface area contributed by atoms with Crippen molar-refractivity contribution in [2.24, 2.45) is 0 Å². The SMILES string of the molecule is CNC(=O)CC(C(=O)O)c1ccc(Br)cc1. The number of carbonyl (C=O) groups excluding carboxylic acids is 1. The number of nitrogens with one attached hydrogen (secondary N) is 1. The van der Waals surface area contributed by atoms with Crippen molar-refractivity contribution in [2.75, 3.05) is 7.05 Å². The average molecular weight is 286 g/mol. The normalized spacial score (nSPS) is 11.9. The molecule has 1 rings (SSSR count). The summed E-state index contributed by atoms with van der Waals surface area (Å²) in [5.41, 5.74) is 0.624. The molecule has 1 atom stereocenters. The summed E-state index contributed by atoms with van der Waals surface area (Å²) >= 11 is 3.27. The van der Waals surface area contributed by atoms with Gasteiger partial charge in [0.1, 0.15) is 0 Å². The maximum atomic E-state index is 11.2. The molecule has 0 bridgehead atoms. The van der Waals surface area contributed by atoms with Gasteiger partial charge in [0.25, 0.3) is 0 Å². The molecule has 1 amide bonds. The summed E-state index contributed by atoms with van der Waals surface area (Å²) < 4.78 is 0.875. The topological polar surface area (TPSA) is 66.4 Å². The molecular weight excluding hydrogens is 274 g/mol. The highest BCUT2D eigenvalue weighted by Gasteiger charge is 2.22. The summed E-state index contributed by atoms with van der Waals surface area (Å²) in [6.45, 7) is 0. The van der Waals surface area contributed by atoms with Crippen LogP contribution in [-0.4, -0.2) is 24.0 Å². The van der Waals surface area contributed by atoms with E-state index in [1.54, 1.807) is 24.3 Å². The number of carbonyl (C=O) groups is 2. The summed E-state index contributed by atoms with van der Waals surface area (Å²) in [6.07, 6.45) is -0.0481. The van der Waals surface area contributed by atoms with Crippen LogP contribution in [0.2, 0.25) is 0 Å². The summed E-state index contributed by atoms with van der Waals surface area (Å²) in [6, 6.07) is 6.92. The van der Waals surface area contributed by atoms with Gasteiger partial charge in [-0.3, -0.25) is 9.59 Å². The van der Waals surface area contributed by atoms with Crippen molar-refractivity contribution in [3.63, 3.8) is 0 Å². The smallest absolute Gasteiger partial charge is 0.311 e. The molecule has 0 fully saturated rings. The largest absolute Gasteiger partial charge is 0.481 e. The average Bonchev–Trinajstić information content (AvgIpc) is 2.26. The molecule has 0 aliphatic heterocycles. The van der Waals surface area contributed by atoms with E-state index in [0.29, 0.717) is 5.56 Å². The molecule has 0 aromatic heterocycles. The van der Waals surface area contributed by atoms with Crippen molar-refractivity contribution in [2.45, 2.75) is 12.3 Å². The predicted molar refractivity (Wildman–Crippen MR) is 63.2 cm³/mol. The molecule has 0 radical (unpaired) electrons. The lowest BCUT2D eigenvalue weighted by Gasteiger charge is -2.11. The first-order valence-electron chi connectivity index (χ1n) is 4.73. The Morgan fingerprint density at radius 2 is 1.94 bits per heavy atom. The minimum Gasteiger partial charge on any atom is -0.481 e. The molecule has 86 valence electrons. The van der Waals surface area contributed by atoms with Gasteiger partial charge < -0.3 is 10.4 Å². The number of benzene rings is 1. The first-order chi connectivity index (χ1) is 7.54. The van der Waals surface area contributed by atoms with Crippen LogP contribution in [0.15, 0.2) is 28.7 Å². The molecule has 0 spiro atoms. The van der Waals surface area contributed by atoms with Crippen LogP contribution in [-0.2, 0) is 9.59 Å². The van der Waals surface area contributed by atoms with Crippen LogP contribution in [0.3, 0.4) is 0 Å². The van der Waals surface area contributed by atoms with Gasteiger partial charge in [0.05, 0.1) is 5.92 Å². The van der Waals surface area contributed by atoms with Crippen LogP contribution in [0.5, 0.6) is 0 Å². The van der Waals surface area contributed by atoms with Crippen molar-refractivity contribution in [3.8, 4) is 0 Å². The van der Waals surface area contributed by atoms with Gasteiger partial charge in [-0.25, -0.2) is 0 Å². The molecule has 1 aromatic rings. The number of aliphatic carboxylic acids is 1. The van der Waals surface area contributed by atoms with Gasteiger partial charge in [-0.05, 0) is 17.7 Å². The Bertz CT molecular complexity index is 389. The molecule has 0 saturated carbocycles. The highest BCUT2D eigenvalue weighted by molar-refractivity contribution is 9.10. The van der Waals surface area contributed by atoms with Gasteiger partial charge in [-0.2, -0.15) is 0 Å². The van der Waals surface area contributed by atoms with Crippen molar-refractivity contribution in [3.05, 3.63) is 34.3 Å².